The molecule has 0 unspecified atom stereocenters. The van der Waals surface area contributed by atoms with E-state index in [1.54, 1.807) is 33.8 Å². The molecule has 0 aromatic heterocycles. The third-order valence-corrected chi connectivity index (χ3v) is 4.78. The molecule has 0 heterocycles. The molecular weight excluding hydrogens is 372 g/mol. The van der Waals surface area contributed by atoms with E-state index in [2.05, 4.69) is 0 Å². The number of hydrogen-bond acceptors (Lipinski definition) is 6. The molecular formula is C19H22O7S. The zero-order chi connectivity index (χ0) is 20.6. The first kappa shape index (κ1) is 21.0. The molecule has 3 N–H and O–H groups in total. The van der Waals surface area contributed by atoms with E-state index in [-0.39, 0.29) is 16.2 Å². The number of rotatable bonds is 5. The minimum atomic E-state index is -4.34. The summed E-state index contributed by atoms with van der Waals surface area (Å²) in [5.74, 6) is -0.669. The van der Waals surface area contributed by atoms with Gasteiger partial charge in [-0.3, -0.25) is 4.55 Å². The summed E-state index contributed by atoms with van der Waals surface area (Å²) in [5, 5.41) is 20.5. The molecule has 2 rings (SSSR count). The summed E-state index contributed by atoms with van der Waals surface area (Å²) >= 11 is 0. The van der Waals surface area contributed by atoms with Crippen molar-refractivity contribution in [2.45, 2.75) is 43.8 Å². The fraction of sp³-hybridized carbons (Fsp3) is 0.316. The summed E-state index contributed by atoms with van der Waals surface area (Å²) in [5.41, 5.74) is -1.52. The lowest BCUT2D eigenvalue weighted by atomic mass is 9.89. The maximum Gasteiger partial charge on any atom is 0.343 e. The fourth-order valence-electron chi connectivity index (χ4n) is 2.30. The predicted octanol–water partition coefficient (Wildman–Crippen LogP) is 2.61. The Morgan fingerprint density at radius 2 is 1.33 bits per heavy atom. The van der Waals surface area contributed by atoms with Gasteiger partial charge < -0.3 is 14.9 Å². The number of hydrogen-bond donors (Lipinski definition) is 3. The van der Waals surface area contributed by atoms with Gasteiger partial charge in [0.2, 0.25) is 0 Å². The summed E-state index contributed by atoms with van der Waals surface area (Å²) in [7, 11) is -4.34. The quantitative estimate of drug-likeness (QED) is 0.405. The summed E-state index contributed by atoms with van der Waals surface area (Å²) in [6.45, 7) is 6.22. The molecule has 0 aliphatic heterocycles. The molecule has 2 aromatic rings. The van der Waals surface area contributed by atoms with Crippen molar-refractivity contribution in [3.05, 3.63) is 59.2 Å². The Kier molecular flexibility index (Phi) is 5.49. The lowest BCUT2D eigenvalue weighted by Crippen LogP contribution is -2.22. The van der Waals surface area contributed by atoms with Gasteiger partial charge in [0, 0.05) is 0 Å². The van der Waals surface area contributed by atoms with Crippen LogP contribution in [0.15, 0.2) is 47.4 Å². The van der Waals surface area contributed by atoms with E-state index in [0.717, 1.165) is 12.1 Å². The van der Waals surface area contributed by atoms with Crippen LogP contribution in [0.3, 0.4) is 0 Å². The van der Waals surface area contributed by atoms with E-state index in [1.165, 1.54) is 24.3 Å². The van der Waals surface area contributed by atoms with E-state index in [4.69, 9.17) is 9.29 Å². The van der Waals surface area contributed by atoms with Crippen molar-refractivity contribution < 1.29 is 32.7 Å². The number of carbonyl (C=O) groups excluding carboxylic acids is 1. The largest absolute Gasteiger partial charge is 0.423 e. The van der Waals surface area contributed by atoms with E-state index < -0.39 is 27.3 Å². The average molecular weight is 394 g/mol. The van der Waals surface area contributed by atoms with E-state index in [0.29, 0.717) is 11.1 Å². The summed E-state index contributed by atoms with van der Waals surface area (Å²) < 4.78 is 36.3. The second-order valence-electron chi connectivity index (χ2n) is 7.25. The van der Waals surface area contributed by atoms with Gasteiger partial charge in [0.1, 0.15) is 5.75 Å². The van der Waals surface area contributed by atoms with E-state index in [9.17, 15) is 23.4 Å². The zero-order valence-corrected chi connectivity index (χ0v) is 16.2. The Morgan fingerprint density at radius 1 is 0.889 bits per heavy atom. The molecule has 0 atom stereocenters. The van der Waals surface area contributed by atoms with Crippen molar-refractivity contribution in [3.8, 4) is 5.75 Å². The van der Waals surface area contributed by atoms with Gasteiger partial charge in [0.25, 0.3) is 10.1 Å². The van der Waals surface area contributed by atoms with Crippen LogP contribution in [0.4, 0.5) is 0 Å². The molecule has 0 saturated heterocycles. The fourth-order valence-corrected chi connectivity index (χ4v) is 2.78. The summed E-state index contributed by atoms with van der Waals surface area (Å²) in [6.07, 6.45) is 0. The average Bonchev–Trinajstić information content (AvgIpc) is 2.52. The monoisotopic (exact) mass is 394 g/mol. The molecule has 0 fully saturated rings. The van der Waals surface area contributed by atoms with Crippen LogP contribution in [-0.2, 0) is 21.3 Å². The van der Waals surface area contributed by atoms with Crippen LogP contribution < -0.4 is 4.74 Å². The normalized spacial score (nSPS) is 12.7. The Balaban J connectivity index is 2.38. The van der Waals surface area contributed by atoms with Gasteiger partial charge >= 0.3 is 5.97 Å². The molecule has 0 aliphatic carbocycles. The summed E-state index contributed by atoms with van der Waals surface area (Å²) in [4.78, 5) is 12.2. The highest BCUT2D eigenvalue weighted by molar-refractivity contribution is 7.85. The van der Waals surface area contributed by atoms with Crippen molar-refractivity contribution in [1.29, 1.82) is 0 Å². The van der Waals surface area contributed by atoms with Crippen LogP contribution >= 0.6 is 0 Å². The lowest BCUT2D eigenvalue weighted by molar-refractivity contribution is 0.0698. The molecule has 7 nitrogen and oxygen atoms in total. The predicted molar refractivity (Wildman–Crippen MR) is 98.1 cm³/mol. The molecule has 0 amide bonds. The Hall–Kier alpha value is -2.26. The minimum absolute atomic E-state index is 0.0749. The molecule has 0 spiro atoms. The molecule has 0 bridgehead atoms. The second-order valence-corrected chi connectivity index (χ2v) is 8.67. The van der Waals surface area contributed by atoms with Crippen molar-refractivity contribution in [2.24, 2.45) is 0 Å². The van der Waals surface area contributed by atoms with Crippen molar-refractivity contribution in [2.75, 3.05) is 0 Å². The van der Waals surface area contributed by atoms with Gasteiger partial charge in [-0.05, 0) is 75.2 Å². The Bertz CT molecular complexity index is 915. The van der Waals surface area contributed by atoms with Crippen LogP contribution in [0, 0.1) is 0 Å². The molecule has 0 saturated carbocycles. The third-order valence-electron chi connectivity index (χ3n) is 3.91. The lowest BCUT2D eigenvalue weighted by Gasteiger charge is -2.24. The van der Waals surface area contributed by atoms with Crippen molar-refractivity contribution in [1.82, 2.24) is 0 Å². The van der Waals surface area contributed by atoms with Gasteiger partial charge in [-0.15, -0.1) is 0 Å². The highest BCUT2D eigenvalue weighted by atomic mass is 32.2. The third kappa shape index (κ3) is 5.36. The first-order valence-corrected chi connectivity index (χ1v) is 9.52. The van der Waals surface area contributed by atoms with Gasteiger partial charge in [-0.25, -0.2) is 4.79 Å². The minimum Gasteiger partial charge on any atom is -0.423 e. The van der Waals surface area contributed by atoms with Crippen LogP contribution in [0.1, 0.15) is 49.2 Å². The van der Waals surface area contributed by atoms with Crippen molar-refractivity contribution >= 4 is 16.1 Å². The first-order valence-electron chi connectivity index (χ1n) is 8.08. The highest BCUT2D eigenvalue weighted by Gasteiger charge is 2.25. The maximum absolute atomic E-state index is 12.5. The van der Waals surface area contributed by atoms with Crippen LogP contribution in [-0.4, -0.2) is 29.2 Å². The van der Waals surface area contributed by atoms with Gasteiger partial charge in [0.15, 0.2) is 0 Å². The molecule has 2 aromatic carbocycles. The molecule has 27 heavy (non-hydrogen) atoms. The topological polar surface area (TPSA) is 121 Å². The van der Waals surface area contributed by atoms with E-state index >= 15 is 0 Å². The number of carbonyl (C=O) groups is 1. The van der Waals surface area contributed by atoms with Crippen LogP contribution in [0.25, 0.3) is 0 Å². The zero-order valence-electron chi connectivity index (χ0n) is 15.4. The smallest absolute Gasteiger partial charge is 0.343 e. The van der Waals surface area contributed by atoms with Crippen LogP contribution in [0.5, 0.6) is 5.75 Å². The summed E-state index contributed by atoms with van der Waals surface area (Å²) in [6, 6.07) is 9.21. The molecule has 0 radical (unpaired) electrons. The first-order chi connectivity index (χ1) is 12.2. The molecule has 8 heteroatoms. The Labute approximate surface area is 158 Å². The molecule has 0 aliphatic rings. The number of aliphatic hydroxyl groups is 2. The van der Waals surface area contributed by atoms with Crippen molar-refractivity contribution in [3.63, 3.8) is 0 Å². The van der Waals surface area contributed by atoms with E-state index in [1.807, 2.05) is 0 Å². The van der Waals surface area contributed by atoms with Gasteiger partial charge in [-0.1, -0.05) is 6.07 Å². The standard InChI is InChI=1S/C19H22O7S/c1-18(2,21)13-9-12(10-14(11-13)19(3,4)22)17(20)26-15-5-7-16(8-6-15)27(23,24)25/h5-11,21-22H,1-4H3,(H,23,24,25). The highest BCUT2D eigenvalue weighted by Crippen LogP contribution is 2.28. The van der Waals surface area contributed by atoms with Gasteiger partial charge in [-0.2, -0.15) is 8.42 Å². The van der Waals surface area contributed by atoms with Gasteiger partial charge in [0.05, 0.1) is 21.7 Å². The van der Waals surface area contributed by atoms with Crippen LogP contribution in [0.2, 0.25) is 0 Å². The molecule has 146 valence electrons. The number of esters is 1. The number of benzene rings is 2. The maximum atomic E-state index is 12.5. The Morgan fingerprint density at radius 3 is 1.70 bits per heavy atom. The SMILES string of the molecule is CC(C)(O)c1cc(C(=O)Oc2ccc(S(=O)(=O)O)cc2)cc(C(C)(C)O)c1. The second kappa shape index (κ2) is 7.05. The number of ether oxygens (including phenoxy) is 1.